The average molecular weight is 479 g/mol. The highest BCUT2D eigenvalue weighted by Gasteiger charge is 2.54. The lowest BCUT2D eigenvalue weighted by molar-refractivity contribution is 0.0955. The number of rotatable bonds is 6. The minimum atomic E-state index is -1.62. The number of allylic oxidation sites excluding steroid dienone is 2. The summed E-state index contributed by atoms with van der Waals surface area (Å²) in [7, 11) is 0. The van der Waals surface area contributed by atoms with E-state index in [1.54, 1.807) is 54.6 Å². The summed E-state index contributed by atoms with van der Waals surface area (Å²) in [6, 6.07) is 25.6. The van der Waals surface area contributed by atoms with Crippen molar-refractivity contribution >= 4 is 23.2 Å². The number of halogens is 1. The Balaban J connectivity index is 1.82. The van der Waals surface area contributed by atoms with Crippen LogP contribution >= 0.6 is 11.6 Å². The van der Waals surface area contributed by atoms with E-state index in [0.29, 0.717) is 27.3 Å². The molecule has 1 aliphatic rings. The van der Waals surface area contributed by atoms with Gasteiger partial charge in [-0.25, -0.2) is 0 Å². The van der Waals surface area contributed by atoms with Crippen molar-refractivity contribution in [2.45, 2.75) is 26.2 Å². The molecular weight excluding hydrogens is 456 g/mol. The molecule has 4 rings (SSSR count). The van der Waals surface area contributed by atoms with Gasteiger partial charge in [-0.05, 0) is 31.5 Å². The summed E-state index contributed by atoms with van der Waals surface area (Å²) >= 11 is 6.09. The Labute approximate surface area is 210 Å². The van der Waals surface area contributed by atoms with Crippen LogP contribution in [-0.2, 0) is 0 Å². The lowest BCUT2D eigenvalue weighted by Gasteiger charge is -2.29. The van der Waals surface area contributed by atoms with Crippen molar-refractivity contribution in [1.29, 1.82) is 10.5 Å². The standard InChI is InChI=1S/C30H23ClN2O2/c1-19-3-7-21(8-4-19)27(34)16-24-15-26(29(35)23-9-5-20(2)6-10-23)28(30(24,17-32)18-33)22-11-13-25(31)14-12-22/h3-15,24,28H,16H2,1-2H3/t24-,28+/m1/s1. The van der Waals surface area contributed by atoms with Gasteiger partial charge in [0.1, 0.15) is 0 Å². The van der Waals surface area contributed by atoms with Gasteiger partial charge in [-0.2, -0.15) is 10.5 Å². The largest absolute Gasteiger partial charge is 0.294 e. The van der Waals surface area contributed by atoms with E-state index >= 15 is 0 Å². The van der Waals surface area contributed by atoms with Crippen molar-refractivity contribution in [3.05, 3.63) is 117 Å². The Morgan fingerprint density at radius 3 is 1.86 bits per heavy atom. The van der Waals surface area contributed by atoms with Crippen LogP contribution in [0.25, 0.3) is 0 Å². The van der Waals surface area contributed by atoms with Crippen LogP contribution < -0.4 is 0 Å². The van der Waals surface area contributed by atoms with Gasteiger partial charge >= 0.3 is 0 Å². The van der Waals surface area contributed by atoms with E-state index in [1.165, 1.54) is 0 Å². The number of nitrogens with zero attached hydrogens (tertiary/aromatic N) is 2. The second kappa shape index (κ2) is 9.71. The van der Waals surface area contributed by atoms with Crippen molar-refractivity contribution in [3.8, 4) is 12.1 Å². The molecule has 3 aromatic carbocycles. The molecule has 5 heteroatoms. The molecule has 4 nitrogen and oxygen atoms in total. The number of hydrogen-bond donors (Lipinski definition) is 0. The van der Waals surface area contributed by atoms with Crippen LogP contribution in [0.15, 0.2) is 84.4 Å². The molecule has 0 amide bonds. The second-order valence-corrected chi connectivity index (χ2v) is 9.43. The zero-order valence-corrected chi connectivity index (χ0v) is 20.2. The van der Waals surface area contributed by atoms with Crippen LogP contribution in [-0.4, -0.2) is 11.6 Å². The van der Waals surface area contributed by atoms with Crippen molar-refractivity contribution in [2.75, 3.05) is 0 Å². The molecule has 0 aliphatic heterocycles. The van der Waals surface area contributed by atoms with E-state index in [9.17, 15) is 20.1 Å². The highest BCUT2D eigenvalue weighted by molar-refractivity contribution is 6.30. The summed E-state index contributed by atoms with van der Waals surface area (Å²) < 4.78 is 0. The lowest BCUT2D eigenvalue weighted by atomic mass is 9.67. The smallest absolute Gasteiger partial charge is 0.189 e. The van der Waals surface area contributed by atoms with Gasteiger partial charge in [-0.3, -0.25) is 9.59 Å². The predicted octanol–water partition coefficient (Wildman–Crippen LogP) is 6.79. The van der Waals surface area contributed by atoms with Gasteiger partial charge in [-0.15, -0.1) is 0 Å². The Morgan fingerprint density at radius 2 is 1.34 bits per heavy atom. The average Bonchev–Trinajstić information content (AvgIpc) is 3.19. The number of Topliss-reactive ketones (excluding diaryl/α,β-unsaturated/α-hetero) is 2. The minimum absolute atomic E-state index is 0.0566. The Kier molecular flexibility index (Phi) is 6.70. The molecule has 0 saturated carbocycles. The van der Waals surface area contributed by atoms with Gasteiger partial charge in [0.2, 0.25) is 0 Å². The van der Waals surface area contributed by atoms with Crippen LogP contribution in [0.5, 0.6) is 0 Å². The molecule has 0 unspecified atom stereocenters. The molecule has 3 aromatic rings. The van der Waals surface area contributed by atoms with E-state index in [1.807, 2.05) is 38.1 Å². The first kappa shape index (κ1) is 24.1. The van der Waals surface area contributed by atoms with Crippen molar-refractivity contribution in [2.24, 2.45) is 11.3 Å². The molecule has 0 fully saturated rings. The molecule has 35 heavy (non-hydrogen) atoms. The van der Waals surface area contributed by atoms with Crippen molar-refractivity contribution in [1.82, 2.24) is 0 Å². The summed E-state index contributed by atoms with van der Waals surface area (Å²) in [5.41, 5.74) is 2.38. The lowest BCUT2D eigenvalue weighted by Crippen LogP contribution is -2.32. The Hall–Kier alpha value is -3.99. The third-order valence-corrected chi connectivity index (χ3v) is 6.91. The quantitative estimate of drug-likeness (QED) is 0.365. The van der Waals surface area contributed by atoms with Crippen LogP contribution in [0, 0.1) is 47.8 Å². The number of hydrogen-bond acceptors (Lipinski definition) is 4. The first-order valence-corrected chi connectivity index (χ1v) is 11.7. The molecule has 0 radical (unpaired) electrons. The monoisotopic (exact) mass is 478 g/mol. The first-order valence-electron chi connectivity index (χ1n) is 11.3. The maximum absolute atomic E-state index is 13.7. The molecule has 2 atom stereocenters. The van der Waals surface area contributed by atoms with Gasteiger partial charge in [0.25, 0.3) is 0 Å². The Morgan fingerprint density at radius 1 is 0.829 bits per heavy atom. The normalized spacial score (nSPS) is 18.3. The van der Waals surface area contributed by atoms with Gasteiger partial charge in [-0.1, -0.05) is 89.5 Å². The predicted molar refractivity (Wildman–Crippen MR) is 135 cm³/mol. The summed E-state index contributed by atoms with van der Waals surface area (Å²) in [5.74, 6) is -2.01. The molecule has 0 spiro atoms. The number of nitriles is 2. The van der Waals surface area contributed by atoms with Crippen LogP contribution in [0.3, 0.4) is 0 Å². The fourth-order valence-electron chi connectivity index (χ4n) is 4.68. The molecule has 0 N–H and O–H groups in total. The Bertz CT molecular complexity index is 1380. The third kappa shape index (κ3) is 4.54. The van der Waals surface area contributed by atoms with E-state index in [0.717, 1.165) is 11.1 Å². The number of benzene rings is 3. The SMILES string of the molecule is Cc1ccc(C(=O)C[C@H]2C=C(C(=O)c3ccc(C)cc3)[C@H](c3ccc(Cl)cc3)C2(C#N)C#N)cc1. The van der Waals surface area contributed by atoms with E-state index < -0.39 is 17.3 Å². The van der Waals surface area contributed by atoms with Crippen LogP contribution in [0.1, 0.15) is 49.7 Å². The number of carbonyl (C=O) groups is 2. The highest BCUT2D eigenvalue weighted by Crippen LogP contribution is 2.54. The van der Waals surface area contributed by atoms with Crippen molar-refractivity contribution in [3.63, 3.8) is 0 Å². The summed E-state index contributed by atoms with van der Waals surface area (Å²) in [4.78, 5) is 26.8. The summed E-state index contributed by atoms with van der Waals surface area (Å²) in [6.07, 6.45) is 1.61. The van der Waals surface area contributed by atoms with Crippen LogP contribution in [0.2, 0.25) is 5.02 Å². The maximum atomic E-state index is 13.7. The fourth-order valence-corrected chi connectivity index (χ4v) is 4.80. The zero-order valence-electron chi connectivity index (χ0n) is 19.5. The molecule has 0 aromatic heterocycles. The topological polar surface area (TPSA) is 81.7 Å². The third-order valence-electron chi connectivity index (χ3n) is 6.66. The summed E-state index contributed by atoms with van der Waals surface area (Å²) in [5, 5.41) is 21.2. The first-order chi connectivity index (χ1) is 16.8. The summed E-state index contributed by atoms with van der Waals surface area (Å²) in [6.45, 7) is 3.87. The molecule has 0 saturated heterocycles. The van der Waals surface area contributed by atoms with Gasteiger partial charge in [0.15, 0.2) is 17.0 Å². The minimum Gasteiger partial charge on any atom is -0.294 e. The highest BCUT2D eigenvalue weighted by atomic mass is 35.5. The molecule has 1 aliphatic carbocycles. The molecule has 172 valence electrons. The molecular formula is C30H23ClN2O2. The van der Waals surface area contributed by atoms with Crippen molar-refractivity contribution < 1.29 is 9.59 Å². The number of carbonyl (C=O) groups excluding carboxylic acids is 2. The number of aryl methyl sites for hydroxylation is 2. The zero-order chi connectivity index (χ0) is 25.2. The molecule has 0 heterocycles. The second-order valence-electron chi connectivity index (χ2n) is 8.99. The number of ketones is 2. The van der Waals surface area contributed by atoms with Gasteiger partial charge in [0, 0.05) is 40.0 Å². The fraction of sp³-hybridized carbons (Fsp3) is 0.200. The van der Waals surface area contributed by atoms with E-state index in [4.69, 9.17) is 11.6 Å². The van der Waals surface area contributed by atoms with E-state index in [-0.39, 0.29) is 18.0 Å². The maximum Gasteiger partial charge on any atom is 0.189 e. The van der Waals surface area contributed by atoms with Gasteiger partial charge in [0.05, 0.1) is 12.1 Å². The molecule has 0 bridgehead atoms. The van der Waals surface area contributed by atoms with Crippen LogP contribution in [0.4, 0.5) is 0 Å². The van der Waals surface area contributed by atoms with E-state index in [2.05, 4.69) is 12.1 Å². The van der Waals surface area contributed by atoms with Gasteiger partial charge < -0.3 is 0 Å².